The third-order valence-electron chi connectivity index (χ3n) is 3.14. The minimum absolute atomic E-state index is 0.0226. The molecule has 0 spiro atoms. The molecule has 1 N–H and O–H groups in total. The Hall–Kier alpha value is -0.680. The third kappa shape index (κ3) is 3.65. The second kappa shape index (κ2) is 6.48. The van der Waals surface area contributed by atoms with Gasteiger partial charge >= 0.3 is 0 Å². The summed E-state index contributed by atoms with van der Waals surface area (Å²) in [4.78, 5) is 0. The van der Waals surface area contributed by atoms with E-state index in [0.29, 0.717) is 17.0 Å². The highest BCUT2D eigenvalue weighted by atomic mass is 79.9. The fourth-order valence-electron chi connectivity index (χ4n) is 2.14. The van der Waals surface area contributed by atoms with Crippen molar-refractivity contribution in [2.75, 3.05) is 19.7 Å². The lowest BCUT2D eigenvalue weighted by Gasteiger charge is -2.22. The number of rotatable bonds is 4. The first-order valence-corrected chi connectivity index (χ1v) is 6.94. The highest BCUT2D eigenvalue weighted by Gasteiger charge is 2.15. The zero-order chi connectivity index (χ0) is 13.0. The van der Waals surface area contributed by atoms with Crippen molar-refractivity contribution in [2.45, 2.75) is 19.3 Å². The van der Waals surface area contributed by atoms with E-state index in [0.717, 1.165) is 25.6 Å². The number of nitrogens with one attached hydrogen (secondary N) is 1. The van der Waals surface area contributed by atoms with E-state index in [1.165, 1.54) is 18.9 Å². The van der Waals surface area contributed by atoms with Gasteiger partial charge in [-0.3, -0.25) is 0 Å². The molecule has 0 aliphatic carbocycles. The summed E-state index contributed by atoms with van der Waals surface area (Å²) in [5, 5.41) is 3.32. The van der Waals surface area contributed by atoms with Crippen molar-refractivity contribution in [3.8, 4) is 5.75 Å². The van der Waals surface area contributed by atoms with E-state index in [1.807, 2.05) is 0 Å². The molecule has 0 saturated carbocycles. The van der Waals surface area contributed by atoms with Crippen LogP contribution in [-0.4, -0.2) is 19.7 Å². The molecule has 0 amide bonds. The lowest BCUT2D eigenvalue weighted by molar-refractivity contribution is 0.243. The second-order valence-electron chi connectivity index (χ2n) is 4.55. The highest BCUT2D eigenvalue weighted by Crippen LogP contribution is 2.26. The van der Waals surface area contributed by atoms with Crippen LogP contribution in [0.4, 0.5) is 8.78 Å². The summed E-state index contributed by atoms with van der Waals surface area (Å²) < 4.78 is 32.4. The molecule has 1 unspecified atom stereocenters. The zero-order valence-corrected chi connectivity index (χ0v) is 11.6. The van der Waals surface area contributed by atoms with Crippen molar-refractivity contribution in [1.82, 2.24) is 5.32 Å². The van der Waals surface area contributed by atoms with E-state index in [1.54, 1.807) is 0 Å². The quantitative estimate of drug-likeness (QED) is 0.858. The standard InChI is InChI=1S/C13H16BrF2NO/c14-10-6-11(15)13(16)12(7-10)18-5-3-9-2-1-4-17-8-9/h6-7,9,17H,1-5,8H2. The maximum Gasteiger partial charge on any atom is 0.200 e. The summed E-state index contributed by atoms with van der Waals surface area (Å²) in [5.74, 6) is -1.26. The fraction of sp³-hybridized carbons (Fsp3) is 0.538. The average Bonchev–Trinajstić information content (AvgIpc) is 2.36. The van der Waals surface area contributed by atoms with Crippen LogP contribution in [0.1, 0.15) is 19.3 Å². The van der Waals surface area contributed by atoms with Crippen LogP contribution in [0, 0.1) is 17.6 Å². The molecule has 1 fully saturated rings. The minimum Gasteiger partial charge on any atom is -0.490 e. The number of benzene rings is 1. The van der Waals surface area contributed by atoms with Crippen LogP contribution >= 0.6 is 15.9 Å². The van der Waals surface area contributed by atoms with Crippen LogP contribution in [0.2, 0.25) is 0 Å². The van der Waals surface area contributed by atoms with E-state index >= 15 is 0 Å². The van der Waals surface area contributed by atoms with Crippen molar-refractivity contribution in [1.29, 1.82) is 0 Å². The maximum absolute atomic E-state index is 13.4. The highest BCUT2D eigenvalue weighted by molar-refractivity contribution is 9.10. The molecule has 2 nitrogen and oxygen atoms in total. The summed E-state index contributed by atoms with van der Waals surface area (Å²) in [7, 11) is 0. The molecule has 1 heterocycles. The minimum atomic E-state index is -0.917. The largest absolute Gasteiger partial charge is 0.490 e. The zero-order valence-electron chi connectivity index (χ0n) is 10.0. The summed E-state index contributed by atoms with van der Waals surface area (Å²) in [5.41, 5.74) is 0. The van der Waals surface area contributed by atoms with Crippen LogP contribution < -0.4 is 10.1 Å². The van der Waals surface area contributed by atoms with Crippen LogP contribution in [-0.2, 0) is 0 Å². The van der Waals surface area contributed by atoms with E-state index < -0.39 is 11.6 Å². The van der Waals surface area contributed by atoms with Gasteiger partial charge in [-0.15, -0.1) is 0 Å². The van der Waals surface area contributed by atoms with Gasteiger partial charge in [0.15, 0.2) is 11.6 Å². The summed E-state index contributed by atoms with van der Waals surface area (Å²) in [6.45, 7) is 2.47. The molecule has 0 aromatic heterocycles. The van der Waals surface area contributed by atoms with E-state index in [4.69, 9.17) is 4.74 Å². The Kier molecular flexibility index (Phi) is 4.95. The normalized spacial score (nSPS) is 19.8. The molecule has 1 aromatic carbocycles. The molecule has 1 aromatic rings. The first-order valence-electron chi connectivity index (χ1n) is 6.15. The van der Waals surface area contributed by atoms with Crippen molar-refractivity contribution >= 4 is 15.9 Å². The molecule has 1 atom stereocenters. The molecule has 1 aliphatic heterocycles. The van der Waals surface area contributed by atoms with Crippen LogP contribution in [0.15, 0.2) is 16.6 Å². The lowest BCUT2D eigenvalue weighted by Crippen LogP contribution is -2.30. The van der Waals surface area contributed by atoms with E-state index in [-0.39, 0.29) is 5.75 Å². The van der Waals surface area contributed by atoms with Crippen LogP contribution in [0.3, 0.4) is 0 Å². The molecule has 1 aliphatic rings. The molecule has 0 radical (unpaired) electrons. The first-order chi connectivity index (χ1) is 8.66. The van der Waals surface area contributed by atoms with E-state index in [9.17, 15) is 8.78 Å². The van der Waals surface area contributed by atoms with Gasteiger partial charge in [-0.05, 0) is 50.4 Å². The molecular weight excluding hydrogens is 304 g/mol. The SMILES string of the molecule is Fc1cc(Br)cc(OCCC2CCCNC2)c1F. The number of piperidine rings is 1. The number of halogens is 3. The van der Waals surface area contributed by atoms with Gasteiger partial charge in [-0.25, -0.2) is 4.39 Å². The number of ether oxygens (including phenoxy) is 1. The topological polar surface area (TPSA) is 21.3 Å². The van der Waals surface area contributed by atoms with Crippen molar-refractivity contribution < 1.29 is 13.5 Å². The lowest BCUT2D eigenvalue weighted by atomic mass is 9.97. The van der Waals surface area contributed by atoms with Gasteiger partial charge in [0.05, 0.1) is 6.61 Å². The summed E-state index contributed by atoms with van der Waals surface area (Å²) >= 11 is 3.12. The Balaban J connectivity index is 1.86. The molecule has 5 heteroatoms. The van der Waals surface area contributed by atoms with Gasteiger partial charge in [0.25, 0.3) is 0 Å². The number of hydrogen-bond acceptors (Lipinski definition) is 2. The molecular formula is C13H16BrF2NO. The Morgan fingerprint density at radius 1 is 1.39 bits per heavy atom. The maximum atomic E-state index is 13.4. The van der Waals surface area contributed by atoms with Gasteiger partial charge in [0, 0.05) is 4.47 Å². The molecule has 18 heavy (non-hydrogen) atoms. The molecule has 100 valence electrons. The van der Waals surface area contributed by atoms with Gasteiger partial charge in [-0.2, -0.15) is 4.39 Å². The van der Waals surface area contributed by atoms with Crippen LogP contribution in [0.25, 0.3) is 0 Å². The number of hydrogen-bond donors (Lipinski definition) is 1. The monoisotopic (exact) mass is 319 g/mol. The van der Waals surface area contributed by atoms with Gasteiger partial charge in [-0.1, -0.05) is 15.9 Å². The van der Waals surface area contributed by atoms with Gasteiger partial charge in [0.2, 0.25) is 5.82 Å². The predicted octanol–water partition coefficient (Wildman–Crippen LogP) is 3.50. The predicted molar refractivity (Wildman–Crippen MR) is 69.8 cm³/mol. The molecule has 2 rings (SSSR count). The van der Waals surface area contributed by atoms with Crippen molar-refractivity contribution in [3.63, 3.8) is 0 Å². The second-order valence-corrected chi connectivity index (χ2v) is 5.46. The van der Waals surface area contributed by atoms with Gasteiger partial charge in [0.1, 0.15) is 0 Å². The Labute approximate surface area is 114 Å². The molecule has 0 bridgehead atoms. The summed E-state index contributed by atoms with van der Waals surface area (Å²) in [6, 6.07) is 2.55. The Morgan fingerprint density at radius 2 is 2.22 bits per heavy atom. The Bertz CT molecular complexity index is 408. The molecule has 1 saturated heterocycles. The fourth-order valence-corrected chi connectivity index (χ4v) is 2.55. The van der Waals surface area contributed by atoms with Crippen molar-refractivity contribution in [3.05, 3.63) is 28.2 Å². The third-order valence-corrected chi connectivity index (χ3v) is 3.60. The Morgan fingerprint density at radius 3 is 2.94 bits per heavy atom. The smallest absolute Gasteiger partial charge is 0.200 e. The van der Waals surface area contributed by atoms with Crippen molar-refractivity contribution in [2.24, 2.45) is 5.92 Å². The average molecular weight is 320 g/mol. The summed E-state index contributed by atoms with van der Waals surface area (Å²) in [6.07, 6.45) is 3.21. The van der Waals surface area contributed by atoms with E-state index in [2.05, 4.69) is 21.2 Å². The van der Waals surface area contributed by atoms with Gasteiger partial charge < -0.3 is 10.1 Å². The first kappa shape index (κ1) is 13.7. The van der Waals surface area contributed by atoms with Crippen LogP contribution in [0.5, 0.6) is 5.75 Å².